The van der Waals surface area contributed by atoms with E-state index in [1.807, 2.05) is 0 Å². The summed E-state index contributed by atoms with van der Waals surface area (Å²) in [4.78, 5) is 22.6. The third-order valence-corrected chi connectivity index (χ3v) is 2.64. The smallest absolute Gasteiger partial charge is 0.248 e. The quantitative estimate of drug-likeness (QED) is 0.694. The molecule has 0 saturated carbocycles. The Labute approximate surface area is 117 Å². The van der Waals surface area contributed by atoms with Gasteiger partial charge in [0, 0.05) is 23.7 Å². The first-order chi connectivity index (χ1) is 8.99. The molecule has 0 saturated heterocycles. The fraction of sp³-hybridized carbons (Fsp3) is 0.385. The molecule has 0 bridgehead atoms. The Morgan fingerprint density at radius 1 is 1.32 bits per heavy atom. The minimum Gasteiger partial charge on any atom is -0.384 e. The molecule has 1 unspecified atom stereocenters. The van der Waals surface area contributed by atoms with Crippen LogP contribution in [0.3, 0.4) is 0 Å². The predicted molar refractivity (Wildman–Crippen MR) is 74.0 cm³/mol. The zero-order valence-electron chi connectivity index (χ0n) is 10.6. The van der Waals surface area contributed by atoms with Crippen LogP contribution in [-0.2, 0) is 9.59 Å². The van der Waals surface area contributed by atoms with Gasteiger partial charge in [-0.05, 0) is 37.6 Å². The number of hydrogen-bond donors (Lipinski definition) is 3. The lowest BCUT2D eigenvalue weighted by Crippen LogP contribution is -2.33. The molecule has 6 heteroatoms. The molecule has 1 aromatic rings. The van der Waals surface area contributed by atoms with Crippen LogP contribution in [0, 0.1) is 0 Å². The highest BCUT2D eigenvalue weighted by atomic mass is 35.5. The summed E-state index contributed by atoms with van der Waals surface area (Å²) in [5.74, 6) is -0.563. The summed E-state index contributed by atoms with van der Waals surface area (Å²) in [6.45, 7) is 1.75. The number of carbonyl (C=O) groups excluding carboxylic acids is 2. The van der Waals surface area contributed by atoms with E-state index in [1.54, 1.807) is 24.3 Å². The van der Waals surface area contributed by atoms with Crippen LogP contribution in [-0.4, -0.2) is 29.6 Å². The molecule has 0 spiro atoms. The number of aliphatic hydroxyl groups is 1. The molecule has 1 rings (SSSR count). The molecule has 0 fully saturated rings. The molecule has 0 radical (unpaired) electrons. The van der Waals surface area contributed by atoms with Crippen LogP contribution in [0.15, 0.2) is 24.3 Å². The number of hydrogen-bond acceptors (Lipinski definition) is 3. The summed E-state index contributed by atoms with van der Waals surface area (Å²) in [5, 5.41) is 14.8. The highest BCUT2D eigenvalue weighted by Crippen LogP contribution is 2.13. The minimum atomic E-state index is -1.03. The van der Waals surface area contributed by atoms with Gasteiger partial charge in [0.15, 0.2) is 0 Å². The zero-order chi connectivity index (χ0) is 14.3. The van der Waals surface area contributed by atoms with E-state index in [1.165, 1.54) is 6.92 Å². The second-order valence-corrected chi connectivity index (χ2v) is 4.56. The van der Waals surface area contributed by atoms with E-state index >= 15 is 0 Å². The van der Waals surface area contributed by atoms with Crippen LogP contribution in [0.2, 0.25) is 5.02 Å². The number of aliphatic hydroxyl groups excluding tert-OH is 1. The van der Waals surface area contributed by atoms with Gasteiger partial charge in [0.05, 0.1) is 0 Å². The van der Waals surface area contributed by atoms with Gasteiger partial charge in [0.2, 0.25) is 11.8 Å². The second-order valence-electron chi connectivity index (χ2n) is 4.13. The maximum Gasteiger partial charge on any atom is 0.248 e. The first-order valence-corrected chi connectivity index (χ1v) is 6.38. The van der Waals surface area contributed by atoms with Crippen molar-refractivity contribution in [3.63, 3.8) is 0 Å². The molecule has 5 nitrogen and oxygen atoms in total. The number of rotatable bonds is 6. The van der Waals surface area contributed by atoms with E-state index in [0.29, 0.717) is 30.1 Å². The number of nitrogens with one attached hydrogen (secondary N) is 2. The van der Waals surface area contributed by atoms with Gasteiger partial charge in [-0.2, -0.15) is 0 Å². The van der Waals surface area contributed by atoms with Crippen molar-refractivity contribution in [2.75, 3.05) is 11.9 Å². The van der Waals surface area contributed by atoms with Crippen LogP contribution in [0.5, 0.6) is 0 Å². The third kappa shape index (κ3) is 6.22. The molecule has 104 valence electrons. The second kappa shape index (κ2) is 7.76. The largest absolute Gasteiger partial charge is 0.384 e. The first-order valence-electron chi connectivity index (χ1n) is 6.00. The molecule has 1 aromatic carbocycles. The standard InChI is InChI=1S/C13H17ClN2O3/c1-9(17)13(19)15-8-2-3-12(18)16-11-6-4-10(14)5-7-11/h4-7,9,17H,2-3,8H2,1H3,(H,15,19)(H,16,18). The van der Waals surface area contributed by atoms with Crippen molar-refractivity contribution in [2.24, 2.45) is 0 Å². The van der Waals surface area contributed by atoms with E-state index in [0.717, 1.165) is 0 Å². The third-order valence-electron chi connectivity index (χ3n) is 2.39. The van der Waals surface area contributed by atoms with E-state index in [4.69, 9.17) is 16.7 Å². The fourth-order valence-corrected chi connectivity index (χ4v) is 1.49. The highest BCUT2D eigenvalue weighted by Gasteiger charge is 2.07. The molecular weight excluding hydrogens is 268 g/mol. The molecule has 0 aliphatic carbocycles. The summed E-state index contributed by atoms with van der Waals surface area (Å²) in [6, 6.07) is 6.82. The van der Waals surface area contributed by atoms with E-state index in [-0.39, 0.29) is 5.91 Å². The maximum absolute atomic E-state index is 11.6. The minimum absolute atomic E-state index is 0.131. The van der Waals surface area contributed by atoms with Gasteiger partial charge in [-0.3, -0.25) is 9.59 Å². The van der Waals surface area contributed by atoms with Crippen LogP contribution in [0.1, 0.15) is 19.8 Å². The average molecular weight is 285 g/mol. The van der Waals surface area contributed by atoms with Crippen molar-refractivity contribution in [1.29, 1.82) is 0 Å². The Morgan fingerprint density at radius 2 is 1.95 bits per heavy atom. The highest BCUT2D eigenvalue weighted by molar-refractivity contribution is 6.30. The van der Waals surface area contributed by atoms with Crippen molar-refractivity contribution >= 4 is 29.1 Å². The molecule has 1 atom stereocenters. The Hall–Kier alpha value is -1.59. The van der Waals surface area contributed by atoms with Gasteiger partial charge < -0.3 is 15.7 Å². The van der Waals surface area contributed by atoms with Crippen LogP contribution < -0.4 is 10.6 Å². The Bertz CT molecular complexity index is 432. The van der Waals surface area contributed by atoms with Crippen molar-refractivity contribution in [3.05, 3.63) is 29.3 Å². The van der Waals surface area contributed by atoms with Crippen molar-refractivity contribution in [1.82, 2.24) is 5.32 Å². The molecule has 0 aliphatic heterocycles. The Balaban J connectivity index is 2.21. The Morgan fingerprint density at radius 3 is 2.53 bits per heavy atom. The lowest BCUT2D eigenvalue weighted by Gasteiger charge is -2.07. The topological polar surface area (TPSA) is 78.4 Å². The fourth-order valence-electron chi connectivity index (χ4n) is 1.36. The van der Waals surface area contributed by atoms with Gasteiger partial charge in [0.25, 0.3) is 0 Å². The van der Waals surface area contributed by atoms with Gasteiger partial charge in [0.1, 0.15) is 6.10 Å². The summed E-state index contributed by atoms with van der Waals surface area (Å²) < 4.78 is 0. The van der Waals surface area contributed by atoms with Crippen molar-refractivity contribution < 1.29 is 14.7 Å². The number of benzene rings is 1. The lowest BCUT2D eigenvalue weighted by atomic mass is 10.2. The van der Waals surface area contributed by atoms with Crippen molar-refractivity contribution in [2.45, 2.75) is 25.9 Å². The maximum atomic E-state index is 11.6. The van der Waals surface area contributed by atoms with Gasteiger partial charge in [-0.15, -0.1) is 0 Å². The van der Waals surface area contributed by atoms with Crippen LogP contribution in [0.25, 0.3) is 0 Å². The molecule has 0 heterocycles. The number of halogens is 1. The molecule has 0 aromatic heterocycles. The monoisotopic (exact) mass is 284 g/mol. The molecule has 2 amide bonds. The summed E-state index contributed by atoms with van der Waals surface area (Å²) in [6.07, 6.45) is -0.219. The van der Waals surface area contributed by atoms with Crippen molar-refractivity contribution in [3.8, 4) is 0 Å². The number of amides is 2. The zero-order valence-corrected chi connectivity index (χ0v) is 11.4. The Kier molecular flexibility index (Phi) is 6.32. The van der Waals surface area contributed by atoms with Gasteiger partial charge in [-0.1, -0.05) is 11.6 Å². The molecule has 3 N–H and O–H groups in total. The SMILES string of the molecule is CC(O)C(=O)NCCCC(=O)Nc1ccc(Cl)cc1. The van der Waals surface area contributed by atoms with E-state index < -0.39 is 12.0 Å². The molecule has 0 aliphatic rings. The molecule has 19 heavy (non-hydrogen) atoms. The average Bonchev–Trinajstić information content (AvgIpc) is 2.37. The summed E-state index contributed by atoms with van der Waals surface area (Å²) in [7, 11) is 0. The number of carbonyl (C=O) groups is 2. The first kappa shape index (κ1) is 15.5. The molecular formula is C13H17ClN2O3. The van der Waals surface area contributed by atoms with E-state index in [2.05, 4.69) is 10.6 Å². The van der Waals surface area contributed by atoms with Gasteiger partial charge in [-0.25, -0.2) is 0 Å². The van der Waals surface area contributed by atoms with Crippen LogP contribution >= 0.6 is 11.6 Å². The normalized spacial score (nSPS) is 11.7. The van der Waals surface area contributed by atoms with Gasteiger partial charge >= 0.3 is 0 Å². The summed E-state index contributed by atoms with van der Waals surface area (Å²) in [5.41, 5.74) is 0.683. The van der Waals surface area contributed by atoms with E-state index in [9.17, 15) is 9.59 Å². The lowest BCUT2D eigenvalue weighted by molar-refractivity contribution is -0.128. The predicted octanol–water partition coefficient (Wildman–Crippen LogP) is 1.56. The summed E-state index contributed by atoms with van der Waals surface area (Å²) >= 11 is 5.73. The van der Waals surface area contributed by atoms with Crippen LogP contribution in [0.4, 0.5) is 5.69 Å². The number of anilines is 1.